The van der Waals surface area contributed by atoms with Gasteiger partial charge in [-0.3, -0.25) is 15.7 Å². The van der Waals surface area contributed by atoms with Crippen LogP contribution < -0.4 is 5.73 Å². The maximum Gasteiger partial charge on any atom is 0.353 e. The Kier molecular flexibility index (Phi) is 15.8. The number of rotatable bonds is 7. The number of aliphatic hydroxyl groups excluding tert-OH is 8. The van der Waals surface area contributed by atoms with Gasteiger partial charge in [-0.2, -0.15) is 4.90 Å². The molecule has 19 heteroatoms. The van der Waals surface area contributed by atoms with Crippen molar-refractivity contribution in [3.05, 3.63) is 0 Å². The highest BCUT2D eigenvalue weighted by atomic mass is 16.6. The highest BCUT2D eigenvalue weighted by Crippen LogP contribution is 2.33. The summed E-state index contributed by atoms with van der Waals surface area (Å²) >= 11 is 0. The lowest BCUT2D eigenvalue weighted by Gasteiger charge is -2.44. The number of hydrogen-bond acceptors (Lipinski definition) is 15. The smallest absolute Gasteiger partial charge is 0.353 e. The van der Waals surface area contributed by atoms with E-state index < -0.39 is 97.8 Å². The molecule has 0 aromatic rings. The molecule has 13 N–H and O–H groups in total. The molecule has 15 atom stereocenters. The van der Waals surface area contributed by atoms with E-state index in [4.69, 9.17) is 29.4 Å². The van der Waals surface area contributed by atoms with E-state index in [1.807, 2.05) is 13.8 Å². The number of nitrogens with one attached hydrogen (secondary N) is 1. The molecule has 5 heterocycles. The van der Waals surface area contributed by atoms with Crippen LogP contribution in [0, 0.1) is 23.2 Å². The molecular weight excluding hydrogens is 690 g/mol. The second-order valence-corrected chi connectivity index (χ2v) is 14.6. The first-order valence-corrected chi connectivity index (χ1v) is 18.4. The van der Waals surface area contributed by atoms with Crippen LogP contribution in [0.25, 0.3) is 0 Å². The molecule has 0 saturated carbocycles. The van der Waals surface area contributed by atoms with Gasteiger partial charge < -0.3 is 74.9 Å². The summed E-state index contributed by atoms with van der Waals surface area (Å²) in [6, 6.07) is 0. The van der Waals surface area contributed by atoms with E-state index in [9.17, 15) is 46.3 Å². The van der Waals surface area contributed by atoms with Gasteiger partial charge in [-0.05, 0) is 12.8 Å². The van der Waals surface area contributed by atoms with Crippen LogP contribution in [-0.2, 0) is 23.7 Å². The fraction of sp³-hybridized carbons (Fsp3) is 0.939. The van der Waals surface area contributed by atoms with Crippen LogP contribution in [-0.4, -0.2) is 212 Å². The first-order valence-electron chi connectivity index (χ1n) is 18.4. The van der Waals surface area contributed by atoms with Crippen molar-refractivity contribution in [2.45, 2.75) is 113 Å². The van der Waals surface area contributed by atoms with Crippen molar-refractivity contribution in [3.8, 4) is 0 Å². The number of guanidine groups is 2. The predicted molar refractivity (Wildman–Crippen MR) is 182 cm³/mol. The standard InChI is InChI=1S/C33H59N5O13.H2O/c1-3-5-7-36-9-20-17(12-39)25(40)28(43)23(49-20)15-48-14-19-22-11-38(32(36)34)33(35)37(8-6-4-2)10-21-18(27(42)30(45)31(46)51-21)13-47-16-24(50-22)29(44)26(19)41;/h17-31,34-35,39-46H,3-16H2,1-2H3;1H2/p+1/t17-,18-,19-,20?,21?,22?,23+,24+,25-,26-,27-,28?,29?,30?,31-;/m1./s1. The molecule has 4 fully saturated rings. The Labute approximate surface area is 303 Å². The summed E-state index contributed by atoms with van der Waals surface area (Å²) in [6.07, 6.45) is -11.9. The summed E-state index contributed by atoms with van der Waals surface area (Å²) in [5, 5.41) is 96.8. The first kappa shape index (κ1) is 42.9. The molecule has 6 unspecified atom stereocenters. The third kappa shape index (κ3) is 9.16. The van der Waals surface area contributed by atoms with Crippen LogP contribution in [0.1, 0.15) is 39.5 Å². The first-order chi connectivity index (χ1) is 24.4. The summed E-state index contributed by atoms with van der Waals surface area (Å²) in [6.45, 7) is 3.72. The third-order valence-corrected chi connectivity index (χ3v) is 11.1. The summed E-state index contributed by atoms with van der Waals surface area (Å²) in [5.41, 5.74) is 7.05. The number of ether oxygens (including phenoxy) is 5. The molecule has 0 amide bonds. The van der Waals surface area contributed by atoms with Crippen molar-refractivity contribution in [1.82, 2.24) is 9.80 Å². The molecule has 0 aromatic carbocycles. The Balaban J connectivity index is 0.00000605. The van der Waals surface area contributed by atoms with Gasteiger partial charge in [-0.15, -0.1) is 0 Å². The lowest BCUT2D eigenvalue weighted by atomic mass is 9.86. The van der Waals surface area contributed by atoms with E-state index in [0.717, 1.165) is 12.8 Å². The van der Waals surface area contributed by atoms with Crippen LogP contribution in [0.3, 0.4) is 0 Å². The fourth-order valence-electron chi connectivity index (χ4n) is 7.81. The second kappa shape index (κ2) is 19.2. The zero-order valence-electron chi connectivity index (χ0n) is 30.1. The third-order valence-electron chi connectivity index (χ3n) is 11.1. The molecule has 0 aliphatic carbocycles. The molecule has 5 aliphatic heterocycles. The van der Waals surface area contributed by atoms with E-state index in [0.29, 0.717) is 25.9 Å². The summed E-state index contributed by atoms with van der Waals surface area (Å²) < 4.78 is 32.3. The van der Waals surface area contributed by atoms with Gasteiger partial charge in [0.1, 0.15) is 37.1 Å². The molecular formula is C33H62N5O14+. The van der Waals surface area contributed by atoms with Gasteiger partial charge in [0.25, 0.3) is 5.96 Å². The molecule has 52 heavy (non-hydrogen) atoms. The van der Waals surface area contributed by atoms with Gasteiger partial charge in [0.05, 0.1) is 82.7 Å². The number of aliphatic hydroxyl groups is 8. The van der Waals surface area contributed by atoms with Crippen LogP contribution in [0.4, 0.5) is 0 Å². The molecule has 0 spiro atoms. The highest BCUT2D eigenvalue weighted by molar-refractivity contribution is 5.94. The lowest BCUT2D eigenvalue weighted by molar-refractivity contribution is -0.549. The average molecular weight is 753 g/mol. The zero-order chi connectivity index (χ0) is 37.0. The maximum atomic E-state index is 11.5. The summed E-state index contributed by atoms with van der Waals surface area (Å²) in [4.78, 5) is 3.30. The second-order valence-electron chi connectivity index (χ2n) is 14.6. The van der Waals surface area contributed by atoms with E-state index >= 15 is 0 Å². The van der Waals surface area contributed by atoms with Gasteiger partial charge in [0.15, 0.2) is 6.29 Å². The van der Waals surface area contributed by atoms with Gasteiger partial charge in [0.2, 0.25) is 0 Å². The Morgan fingerprint density at radius 2 is 1.29 bits per heavy atom. The normalized spacial score (nSPS) is 42.4. The fourth-order valence-corrected chi connectivity index (χ4v) is 7.81. The molecule has 4 saturated heterocycles. The van der Waals surface area contributed by atoms with Crippen LogP contribution in [0.2, 0.25) is 0 Å². The Morgan fingerprint density at radius 3 is 1.90 bits per heavy atom. The van der Waals surface area contributed by atoms with E-state index in [2.05, 4.69) is 0 Å². The van der Waals surface area contributed by atoms with Gasteiger partial charge in [0, 0.05) is 30.8 Å². The van der Waals surface area contributed by atoms with E-state index in [-0.39, 0.29) is 63.5 Å². The molecule has 5 rings (SSSR count). The van der Waals surface area contributed by atoms with E-state index in [1.165, 1.54) is 0 Å². The highest BCUT2D eigenvalue weighted by Gasteiger charge is 2.51. The number of nitrogens with zero attached hydrogens (tertiary/aromatic N) is 3. The minimum absolute atomic E-state index is 0. The Hall–Kier alpha value is -1.82. The number of hydrogen-bond donors (Lipinski definition) is 10. The maximum absolute atomic E-state index is 11.5. The van der Waals surface area contributed by atoms with Crippen molar-refractivity contribution in [1.29, 1.82) is 5.41 Å². The monoisotopic (exact) mass is 752 g/mol. The summed E-state index contributed by atoms with van der Waals surface area (Å²) in [5.74, 6) is -2.47. The van der Waals surface area contributed by atoms with Gasteiger partial charge in [-0.25, -0.2) is 0 Å². The number of nitrogens with two attached hydrogens (primary N) is 1. The van der Waals surface area contributed by atoms with Crippen molar-refractivity contribution in [2.24, 2.45) is 23.5 Å². The number of unbranched alkanes of at least 4 members (excludes halogenated alkanes) is 2. The minimum atomic E-state index is -1.67. The minimum Gasteiger partial charge on any atom is -0.412 e. The average Bonchev–Trinajstić information content (AvgIpc) is 3.12. The topological polar surface area (TPSA) is 299 Å². The molecule has 0 radical (unpaired) electrons. The predicted octanol–water partition coefficient (Wildman–Crippen LogP) is -5.05. The van der Waals surface area contributed by atoms with Crippen molar-refractivity contribution >= 4 is 11.9 Å². The molecule has 302 valence electrons. The van der Waals surface area contributed by atoms with Gasteiger partial charge >= 0.3 is 5.96 Å². The van der Waals surface area contributed by atoms with Crippen molar-refractivity contribution in [2.75, 3.05) is 65.8 Å². The van der Waals surface area contributed by atoms with Crippen molar-refractivity contribution in [3.63, 3.8) is 0 Å². The summed E-state index contributed by atoms with van der Waals surface area (Å²) in [7, 11) is 0. The quantitative estimate of drug-likeness (QED) is 0.109. The SMILES string of the molecule is CCCCN1CC2O[C@@H](COC[C@@H]3C4CN(C1=N)C(N)=[N+](CCCC)CC1O[C@@H](O)C(O)[C@H](O)[C@@H]1COC[C@H](O4)C(O)[C@@H]3O)C(O)[C@H](O)[C@@H]2CO.O. The molecule has 0 aromatic heterocycles. The molecule has 19 nitrogen and oxygen atoms in total. The van der Waals surface area contributed by atoms with E-state index in [1.54, 1.807) is 14.4 Å². The molecule has 5 bridgehead atoms. The van der Waals surface area contributed by atoms with Crippen LogP contribution in [0.15, 0.2) is 0 Å². The zero-order valence-corrected chi connectivity index (χ0v) is 30.1. The van der Waals surface area contributed by atoms with Gasteiger partial charge in [-0.1, -0.05) is 26.7 Å². The Morgan fingerprint density at radius 1 is 0.712 bits per heavy atom. The molecule has 5 aliphatic rings. The van der Waals surface area contributed by atoms with Crippen LogP contribution in [0.5, 0.6) is 0 Å². The lowest BCUT2D eigenvalue weighted by Crippen LogP contribution is -2.63. The number of fused-ring (bicyclic) bond motifs is 5. The van der Waals surface area contributed by atoms with Crippen LogP contribution >= 0.6 is 0 Å². The Bertz CT molecular complexity index is 1170. The largest absolute Gasteiger partial charge is 0.412 e. The van der Waals surface area contributed by atoms with Crippen molar-refractivity contribution < 1.29 is 74.6 Å².